The number of hydrogen-bond donors (Lipinski definition) is 2. The molecule has 0 bridgehead atoms. The monoisotopic (exact) mass is 336 g/mol. The van der Waals surface area contributed by atoms with Crippen molar-refractivity contribution in [3.63, 3.8) is 0 Å². The summed E-state index contributed by atoms with van der Waals surface area (Å²) in [5.74, 6) is 1.85. The maximum Gasteiger partial charge on any atom is 0.315 e. The fourth-order valence-electron chi connectivity index (χ4n) is 2.01. The van der Waals surface area contributed by atoms with E-state index in [0.29, 0.717) is 24.8 Å². The fourth-order valence-corrected chi connectivity index (χ4v) is 2.01. The second-order valence-electron chi connectivity index (χ2n) is 7.72. The summed E-state index contributed by atoms with van der Waals surface area (Å²) in [6, 6.07) is 5.45. The van der Waals surface area contributed by atoms with Gasteiger partial charge in [-0.2, -0.15) is 0 Å². The van der Waals surface area contributed by atoms with Gasteiger partial charge in [0.1, 0.15) is 0 Å². The van der Waals surface area contributed by atoms with Crippen LogP contribution in [0.1, 0.15) is 53.1 Å². The molecule has 5 heteroatoms. The van der Waals surface area contributed by atoms with Crippen molar-refractivity contribution in [3.05, 3.63) is 23.8 Å². The van der Waals surface area contributed by atoms with Gasteiger partial charge in [0.2, 0.25) is 0 Å². The summed E-state index contributed by atoms with van der Waals surface area (Å²) in [6.45, 7) is 13.6. The zero-order valence-corrected chi connectivity index (χ0v) is 16.0. The number of methoxy groups -OCH3 is 1. The highest BCUT2D eigenvalue weighted by atomic mass is 16.5. The van der Waals surface area contributed by atoms with Gasteiger partial charge in [0.25, 0.3) is 0 Å². The largest absolute Gasteiger partial charge is 0.493 e. The second kappa shape index (κ2) is 8.81. The molecule has 1 aromatic rings. The Morgan fingerprint density at radius 1 is 1.17 bits per heavy atom. The summed E-state index contributed by atoms with van der Waals surface area (Å²) in [7, 11) is 1.62. The van der Waals surface area contributed by atoms with Crippen LogP contribution in [0.5, 0.6) is 11.5 Å². The molecule has 0 aromatic heterocycles. The fraction of sp³-hybridized carbons (Fsp3) is 0.632. The van der Waals surface area contributed by atoms with Gasteiger partial charge in [-0.3, -0.25) is 0 Å². The number of rotatable bonds is 7. The van der Waals surface area contributed by atoms with E-state index in [9.17, 15) is 4.79 Å². The summed E-state index contributed by atoms with van der Waals surface area (Å²) in [6.07, 6.45) is 0. The van der Waals surface area contributed by atoms with Crippen molar-refractivity contribution in [1.82, 2.24) is 10.6 Å². The van der Waals surface area contributed by atoms with Crippen molar-refractivity contribution in [3.8, 4) is 11.5 Å². The highest BCUT2D eigenvalue weighted by molar-refractivity contribution is 5.74. The van der Waals surface area contributed by atoms with Gasteiger partial charge in [-0.1, -0.05) is 40.7 Å². The van der Waals surface area contributed by atoms with E-state index >= 15 is 0 Å². The van der Waals surface area contributed by atoms with Crippen LogP contribution in [-0.2, 0) is 0 Å². The minimum absolute atomic E-state index is 0.0548. The number of nitrogens with one attached hydrogen (secondary N) is 2. The molecule has 0 saturated heterocycles. The smallest absolute Gasteiger partial charge is 0.315 e. The van der Waals surface area contributed by atoms with Crippen molar-refractivity contribution < 1.29 is 14.3 Å². The molecule has 0 aliphatic carbocycles. The standard InChI is InChI=1S/C19H32N2O3/c1-13(2)11-24-16-9-8-15(10-17(16)23-7)14(3)21-18(22)20-12-19(4,5)6/h8-10,13-14H,11-12H2,1-7H3,(H2,20,21,22). The molecule has 0 aliphatic heterocycles. The molecule has 136 valence electrons. The Labute approximate surface area is 146 Å². The van der Waals surface area contributed by atoms with Crippen LogP contribution in [0.4, 0.5) is 4.79 Å². The number of benzene rings is 1. The molecule has 1 atom stereocenters. The molecule has 0 heterocycles. The van der Waals surface area contributed by atoms with Crippen molar-refractivity contribution in [2.24, 2.45) is 11.3 Å². The Balaban J connectivity index is 2.70. The van der Waals surface area contributed by atoms with Gasteiger partial charge < -0.3 is 20.1 Å². The topological polar surface area (TPSA) is 59.6 Å². The number of carbonyl (C=O) groups excluding carboxylic acids is 1. The van der Waals surface area contributed by atoms with Gasteiger partial charge in [-0.25, -0.2) is 4.79 Å². The minimum atomic E-state index is -0.170. The third-order valence-corrected chi connectivity index (χ3v) is 3.39. The molecule has 5 nitrogen and oxygen atoms in total. The Hall–Kier alpha value is -1.91. The molecule has 0 spiro atoms. The van der Waals surface area contributed by atoms with Crippen molar-refractivity contribution >= 4 is 6.03 Å². The van der Waals surface area contributed by atoms with E-state index in [-0.39, 0.29) is 17.5 Å². The lowest BCUT2D eigenvalue weighted by molar-refractivity contribution is 0.232. The van der Waals surface area contributed by atoms with Crippen LogP contribution in [0, 0.1) is 11.3 Å². The van der Waals surface area contributed by atoms with Crippen LogP contribution in [-0.4, -0.2) is 26.3 Å². The second-order valence-corrected chi connectivity index (χ2v) is 7.72. The number of carbonyl (C=O) groups is 1. The predicted molar refractivity (Wildman–Crippen MR) is 97.7 cm³/mol. The van der Waals surface area contributed by atoms with E-state index in [4.69, 9.17) is 9.47 Å². The van der Waals surface area contributed by atoms with Crippen molar-refractivity contribution in [2.45, 2.75) is 47.6 Å². The molecular weight excluding hydrogens is 304 g/mol. The zero-order valence-electron chi connectivity index (χ0n) is 16.0. The first-order chi connectivity index (χ1) is 11.1. The molecule has 0 fully saturated rings. The summed E-state index contributed by atoms with van der Waals surface area (Å²) in [5.41, 5.74) is 1.02. The van der Waals surface area contributed by atoms with Crippen LogP contribution >= 0.6 is 0 Å². The first kappa shape index (κ1) is 20.1. The van der Waals surface area contributed by atoms with Crippen LogP contribution in [0.2, 0.25) is 0 Å². The Morgan fingerprint density at radius 2 is 1.83 bits per heavy atom. The van der Waals surface area contributed by atoms with E-state index < -0.39 is 0 Å². The van der Waals surface area contributed by atoms with E-state index in [2.05, 4.69) is 45.3 Å². The lowest BCUT2D eigenvalue weighted by atomic mass is 9.97. The molecule has 1 rings (SSSR count). The lowest BCUT2D eigenvalue weighted by Crippen LogP contribution is -2.40. The van der Waals surface area contributed by atoms with Crippen molar-refractivity contribution in [2.75, 3.05) is 20.3 Å². The summed E-state index contributed by atoms with van der Waals surface area (Å²) in [4.78, 5) is 12.0. The molecule has 2 N–H and O–H groups in total. The van der Waals surface area contributed by atoms with E-state index in [1.54, 1.807) is 7.11 Å². The molecule has 0 aliphatic rings. The van der Waals surface area contributed by atoms with E-state index in [1.165, 1.54) is 0 Å². The number of ether oxygens (including phenoxy) is 2. The van der Waals surface area contributed by atoms with Gasteiger partial charge in [0, 0.05) is 6.54 Å². The third kappa shape index (κ3) is 7.11. The minimum Gasteiger partial charge on any atom is -0.493 e. The summed E-state index contributed by atoms with van der Waals surface area (Å²) in [5, 5.41) is 5.83. The molecule has 2 amide bonds. The molecule has 0 saturated carbocycles. The maximum atomic E-state index is 12.0. The van der Waals surface area contributed by atoms with Crippen LogP contribution < -0.4 is 20.1 Å². The Bertz CT molecular complexity index is 536. The third-order valence-electron chi connectivity index (χ3n) is 3.39. The van der Waals surface area contributed by atoms with Crippen LogP contribution in [0.3, 0.4) is 0 Å². The molecule has 0 radical (unpaired) electrons. The molecule has 1 aromatic carbocycles. The van der Waals surface area contributed by atoms with E-state index in [1.807, 2.05) is 25.1 Å². The normalized spacial score (nSPS) is 12.7. The predicted octanol–water partition coefficient (Wildman–Crippen LogP) is 4.14. The SMILES string of the molecule is COc1cc(C(C)NC(=O)NCC(C)(C)C)ccc1OCC(C)C. The quantitative estimate of drug-likeness (QED) is 0.787. The Kier molecular flexibility index (Phi) is 7.39. The zero-order chi connectivity index (χ0) is 18.3. The average Bonchev–Trinajstić information content (AvgIpc) is 2.49. The Morgan fingerprint density at radius 3 is 2.38 bits per heavy atom. The number of amides is 2. The average molecular weight is 336 g/mol. The van der Waals surface area contributed by atoms with E-state index in [0.717, 1.165) is 11.3 Å². The molecule has 24 heavy (non-hydrogen) atoms. The van der Waals surface area contributed by atoms with Gasteiger partial charge in [-0.05, 0) is 36.0 Å². The molecular formula is C19H32N2O3. The summed E-state index contributed by atoms with van der Waals surface area (Å²) < 4.78 is 11.2. The van der Waals surface area contributed by atoms with Gasteiger partial charge in [0.15, 0.2) is 11.5 Å². The number of urea groups is 1. The first-order valence-electron chi connectivity index (χ1n) is 8.47. The van der Waals surface area contributed by atoms with Crippen LogP contribution in [0.25, 0.3) is 0 Å². The van der Waals surface area contributed by atoms with Crippen LogP contribution in [0.15, 0.2) is 18.2 Å². The van der Waals surface area contributed by atoms with Gasteiger partial charge in [0.05, 0.1) is 19.8 Å². The summed E-state index contributed by atoms with van der Waals surface area (Å²) >= 11 is 0. The lowest BCUT2D eigenvalue weighted by Gasteiger charge is -2.21. The van der Waals surface area contributed by atoms with Gasteiger partial charge in [-0.15, -0.1) is 0 Å². The number of hydrogen-bond acceptors (Lipinski definition) is 3. The van der Waals surface area contributed by atoms with Gasteiger partial charge >= 0.3 is 6.03 Å². The first-order valence-corrected chi connectivity index (χ1v) is 8.47. The highest BCUT2D eigenvalue weighted by Crippen LogP contribution is 2.30. The molecule has 1 unspecified atom stereocenters. The maximum absolute atomic E-state index is 12.0. The van der Waals surface area contributed by atoms with Crippen molar-refractivity contribution in [1.29, 1.82) is 0 Å². The highest BCUT2D eigenvalue weighted by Gasteiger charge is 2.15.